The topological polar surface area (TPSA) is 0 Å². The lowest BCUT2D eigenvalue weighted by molar-refractivity contribution is 0.674. The lowest BCUT2D eigenvalue weighted by Crippen LogP contribution is -2.09. The van der Waals surface area contributed by atoms with Crippen LogP contribution < -0.4 is 0 Å². The molecule has 0 aliphatic carbocycles. The van der Waals surface area contributed by atoms with Crippen LogP contribution in [0.1, 0.15) is 26.7 Å². The Morgan fingerprint density at radius 2 is 1.20 bits per heavy atom. The Bertz CT molecular complexity index is 70.9. The van der Waals surface area contributed by atoms with Crippen molar-refractivity contribution >= 4 is 34.8 Å². The van der Waals surface area contributed by atoms with Crippen molar-refractivity contribution in [2.45, 2.75) is 42.8 Å². The van der Waals surface area contributed by atoms with Crippen LogP contribution >= 0.6 is 34.8 Å². The van der Waals surface area contributed by atoms with Crippen molar-refractivity contribution in [3.8, 4) is 0 Å². The van der Waals surface area contributed by atoms with Gasteiger partial charge in [-0.05, 0) is 26.7 Å². The van der Waals surface area contributed by atoms with Crippen LogP contribution in [0.4, 0.5) is 0 Å². The van der Waals surface area contributed by atoms with Crippen molar-refractivity contribution in [1.82, 2.24) is 0 Å². The molecule has 0 heterocycles. The standard InChI is InChI=1S/C7H13Cl3/c1-5(8)3-7(10)4-6(2)9/h5-7H,3-4H2,1-2H3/t5-,6-/m0/s1. The summed E-state index contributed by atoms with van der Waals surface area (Å²) >= 11 is 17.4. The van der Waals surface area contributed by atoms with Crippen molar-refractivity contribution < 1.29 is 0 Å². The Morgan fingerprint density at radius 1 is 0.900 bits per heavy atom. The van der Waals surface area contributed by atoms with Crippen molar-refractivity contribution in [3.63, 3.8) is 0 Å². The highest BCUT2D eigenvalue weighted by atomic mass is 35.5. The average Bonchev–Trinajstić information content (AvgIpc) is 1.58. The van der Waals surface area contributed by atoms with E-state index in [0.717, 1.165) is 12.8 Å². The van der Waals surface area contributed by atoms with Gasteiger partial charge in [0.1, 0.15) is 0 Å². The smallest absolute Gasteiger partial charge is 0.0363 e. The molecule has 10 heavy (non-hydrogen) atoms. The summed E-state index contributed by atoms with van der Waals surface area (Å²) in [7, 11) is 0. The third kappa shape index (κ3) is 6.98. The second kappa shape index (κ2) is 5.51. The molecule has 62 valence electrons. The lowest BCUT2D eigenvalue weighted by Gasteiger charge is -2.11. The number of hydrogen-bond acceptors (Lipinski definition) is 0. The SMILES string of the molecule is C[C@H](Cl)CC(Cl)C[C@H](C)Cl. The molecule has 0 unspecified atom stereocenters. The van der Waals surface area contributed by atoms with E-state index < -0.39 is 0 Å². The summed E-state index contributed by atoms with van der Waals surface area (Å²) in [4.78, 5) is 0. The maximum Gasteiger partial charge on any atom is 0.0363 e. The van der Waals surface area contributed by atoms with E-state index in [9.17, 15) is 0 Å². The van der Waals surface area contributed by atoms with Gasteiger partial charge in [-0.25, -0.2) is 0 Å². The van der Waals surface area contributed by atoms with E-state index in [1.54, 1.807) is 0 Å². The second-order valence-corrected chi connectivity index (χ2v) is 4.74. The minimum atomic E-state index is 0.125. The monoisotopic (exact) mass is 202 g/mol. The van der Waals surface area contributed by atoms with E-state index >= 15 is 0 Å². The van der Waals surface area contributed by atoms with Gasteiger partial charge in [0, 0.05) is 16.1 Å². The molecule has 2 atom stereocenters. The van der Waals surface area contributed by atoms with E-state index in [0.29, 0.717) is 0 Å². The minimum Gasteiger partial charge on any atom is -0.123 e. The molecule has 0 saturated carbocycles. The van der Waals surface area contributed by atoms with Gasteiger partial charge in [0.2, 0.25) is 0 Å². The fraction of sp³-hybridized carbons (Fsp3) is 1.00. The van der Waals surface area contributed by atoms with Crippen LogP contribution in [0.25, 0.3) is 0 Å². The molecule has 3 heteroatoms. The Morgan fingerprint density at radius 3 is 1.40 bits per heavy atom. The lowest BCUT2D eigenvalue weighted by atomic mass is 10.1. The molecule has 0 spiro atoms. The van der Waals surface area contributed by atoms with Crippen LogP contribution in [-0.4, -0.2) is 16.1 Å². The summed E-state index contributed by atoms with van der Waals surface area (Å²) in [5, 5.41) is 0.427. The van der Waals surface area contributed by atoms with E-state index in [1.807, 2.05) is 13.8 Å². The van der Waals surface area contributed by atoms with Gasteiger partial charge < -0.3 is 0 Å². The van der Waals surface area contributed by atoms with Crippen LogP contribution in [0.5, 0.6) is 0 Å². The Hall–Kier alpha value is 0.870. The van der Waals surface area contributed by atoms with Gasteiger partial charge in [0.25, 0.3) is 0 Å². The Labute approximate surface area is 77.8 Å². The largest absolute Gasteiger partial charge is 0.123 e. The molecule has 0 fully saturated rings. The van der Waals surface area contributed by atoms with Crippen molar-refractivity contribution in [1.29, 1.82) is 0 Å². The van der Waals surface area contributed by atoms with E-state index in [1.165, 1.54) is 0 Å². The van der Waals surface area contributed by atoms with Gasteiger partial charge in [-0.2, -0.15) is 0 Å². The summed E-state index contributed by atoms with van der Waals surface area (Å²) in [6.07, 6.45) is 1.67. The maximum atomic E-state index is 5.90. The first-order valence-electron chi connectivity index (χ1n) is 3.44. The number of halogens is 3. The molecule has 0 bridgehead atoms. The van der Waals surface area contributed by atoms with Crippen LogP contribution in [0, 0.1) is 0 Å². The summed E-state index contributed by atoms with van der Waals surface area (Å²) in [5.74, 6) is 0. The Kier molecular flexibility index (Phi) is 5.99. The molecular formula is C7H13Cl3. The fourth-order valence-corrected chi connectivity index (χ4v) is 1.95. The van der Waals surface area contributed by atoms with Crippen LogP contribution in [-0.2, 0) is 0 Å². The molecular weight excluding hydrogens is 190 g/mol. The number of hydrogen-bond donors (Lipinski definition) is 0. The predicted octanol–water partition coefficient (Wildman–Crippen LogP) is 3.63. The second-order valence-electron chi connectivity index (χ2n) is 2.63. The van der Waals surface area contributed by atoms with Gasteiger partial charge in [-0.3, -0.25) is 0 Å². The molecule has 0 nitrogen and oxygen atoms in total. The molecule has 0 aromatic heterocycles. The van der Waals surface area contributed by atoms with Gasteiger partial charge >= 0.3 is 0 Å². The summed E-state index contributed by atoms with van der Waals surface area (Å²) < 4.78 is 0. The van der Waals surface area contributed by atoms with Crippen molar-refractivity contribution in [2.75, 3.05) is 0 Å². The third-order valence-electron chi connectivity index (χ3n) is 1.16. The van der Waals surface area contributed by atoms with Crippen LogP contribution in [0.15, 0.2) is 0 Å². The first kappa shape index (κ1) is 10.9. The third-order valence-corrected chi connectivity index (χ3v) is 1.87. The molecule has 0 aromatic carbocycles. The first-order chi connectivity index (χ1) is 4.52. The van der Waals surface area contributed by atoms with Gasteiger partial charge in [-0.15, -0.1) is 34.8 Å². The Balaban J connectivity index is 3.34. The highest BCUT2D eigenvalue weighted by molar-refractivity contribution is 6.24. The van der Waals surface area contributed by atoms with E-state index in [-0.39, 0.29) is 16.1 Å². The molecule has 0 amide bonds. The number of rotatable bonds is 4. The van der Waals surface area contributed by atoms with Gasteiger partial charge in [0.05, 0.1) is 0 Å². The molecule has 0 rings (SSSR count). The highest BCUT2D eigenvalue weighted by Crippen LogP contribution is 2.17. The van der Waals surface area contributed by atoms with E-state index in [2.05, 4.69) is 0 Å². The summed E-state index contributed by atoms with van der Waals surface area (Å²) in [6, 6.07) is 0. The molecule has 0 radical (unpaired) electrons. The molecule has 0 aromatic rings. The van der Waals surface area contributed by atoms with Gasteiger partial charge in [-0.1, -0.05) is 0 Å². The molecule has 0 aliphatic heterocycles. The normalized spacial score (nSPS) is 17.4. The summed E-state index contributed by atoms with van der Waals surface area (Å²) in [5.41, 5.74) is 0. The van der Waals surface area contributed by atoms with Gasteiger partial charge in [0.15, 0.2) is 0 Å². The van der Waals surface area contributed by atoms with Crippen molar-refractivity contribution in [3.05, 3.63) is 0 Å². The minimum absolute atomic E-state index is 0.125. The molecule has 0 aliphatic rings. The predicted molar refractivity (Wildman–Crippen MR) is 49.5 cm³/mol. The van der Waals surface area contributed by atoms with E-state index in [4.69, 9.17) is 34.8 Å². The highest BCUT2D eigenvalue weighted by Gasteiger charge is 2.10. The zero-order chi connectivity index (χ0) is 8.15. The molecule has 0 N–H and O–H groups in total. The maximum absolute atomic E-state index is 5.90. The molecule has 0 saturated heterocycles. The zero-order valence-corrected chi connectivity index (χ0v) is 8.55. The first-order valence-corrected chi connectivity index (χ1v) is 4.75. The number of alkyl halides is 3. The fourth-order valence-electron chi connectivity index (χ4n) is 0.801. The summed E-state index contributed by atoms with van der Waals surface area (Å²) in [6.45, 7) is 3.88. The van der Waals surface area contributed by atoms with Crippen molar-refractivity contribution in [2.24, 2.45) is 0 Å². The van der Waals surface area contributed by atoms with Crippen LogP contribution in [0.3, 0.4) is 0 Å². The quantitative estimate of drug-likeness (QED) is 0.612. The average molecular weight is 204 g/mol. The zero-order valence-electron chi connectivity index (χ0n) is 6.28. The van der Waals surface area contributed by atoms with Crippen LogP contribution in [0.2, 0.25) is 0 Å².